The summed E-state index contributed by atoms with van der Waals surface area (Å²) in [7, 11) is 1.73. The van der Waals surface area contributed by atoms with Crippen molar-refractivity contribution in [3.8, 4) is 0 Å². The fourth-order valence-electron chi connectivity index (χ4n) is 2.28. The molecule has 4 heteroatoms. The number of benzene rings is 1. The van der Waals surface area contributed by atoms with E-state index >= 15 is 0 Å². The van der Waals surface area contributed by atoms with Crippen LogP contribution in [0.15, 0.2) is 24.3 Å². The molecule has 2 aromatic rings. The Balaban J connectivity index is 2.31. The molecule has 1 aromatic heterocycles. The van der Waals surface area contributed by atoms with E-state index in [9.17, 15) is 0 Å². The molecule has 0 radical (unpaired) electrons. The van der Waals surface area contributed by atoms with Crippen molar-refractivity contribution in [3.63, 3.8) is 0 Å². The van der Waals surface area contributed by atoms with Crippen LogP contribution in [-0.2, 0) is 4.74 Å². The largest absolute Gasteiger partial charge is 0.383 e. The summed E-state index contributed by atoms with van der Waals surface area (Å²) in [6.45, 7) is 4.83. The Hall–Kier alpha value is -1.68. The molecular weight excluding hydrogens is 238 g/mol. The average Bonchev–Trinajstić information content (AvgIpc) is 2.43. The molecule has 1 unspecified atom stereocenters. The first-order chi connectivity index (χ1) is 9.26. The lowest BCUT2D eigenvalue weighted by Crippen LogP contribution is -2.25. The Bertz CT molecular complexity index is 536. The van der Waals surface area contributed by atoms with Crippen molar-refractivity contribution in [3.05, 3.63) is 30.0 Å². The molecule has 0 aliphatic carbocycles. The first-order valence-corrected chi connectivity index (χ1v) is 6.73. The SMILES string of the molecule is CCCC(COC)Nc1nnc(C)c2ccccc12. The van der Waals surface area contributed by atoms with Gasteiger partial charge in [0.1, 0.15) is 0 Å². The molecule has 4 nitrogen and oxygen atoms in total. The van der Waals surface area contributed by atoms with Gasteiger partial charge in [0.15, 0.2) is 5.82 Å². The van der Waals surface area contributed by atoms with Gasteiger partial charge in [-0.3, -0.25) is 0 Å². The normalized spacial score (nSPS) is 12.6. The van der Waals surface area contributed by atoms with Gasteiger partial charge in [-0.15, -0.1) is 5.10 Å². The standard InChI is InChI=1S/C15H21N3O/c1-4-7-12(10-19-3)16-15-14-9-6-5-8-13(14)11(2)17-18-15/h5-6,8-9,12H,4,7,10H2,1-3H3,(H,16,18). The third-order valence-corrected chi connectivity index (χ3v) is 3.22. The molecule has 1 atom stereocenters. The van der Waals surface area contributed by atoms with Crippen LogP contribution in [0.1, 0.15) is 25.5 Å². The van der Waals surface area contributed by atoms with Crippen molar-refractivity contribution < 1.29 is 4.74 Å². The maximum absolute atomic E-state index is 5.25. The molecule has 0 fully saturated rings. The number of nitrogens with one attached hydrogen (secondary N) is 1. The summed E-state index contributed by atoms with van der Waals surface area (Å²) in [6, 6.07) is 8.49. The third-order valence-electron chi connectivity index (χ3n) is 3.22. The minimum absolute atomic E-state index is 0.274. The van der Waals surface area contributed by atoms with Crippen molar-refractivity contribution in [2.75, 3.05) is 19.0 Å². The summed E-state index contributed by atoms with van der Waals surface area (Å²) in [5.74, 6) is 0.844. The summed E-state index contributed by atoms with van der Waals surface area (Å²) in [4.78, 5) is 0. The van der Waals surface area contributed by atoms with E-state index in [-0.39, 0.29) is 6.04 Å². The second kappa shape index (κ2) is 6.48. The lowest BCUT2D eigenvalue weighted by Gasteiger charge is -2.18. The minimum Gasteiger partial charge on any atom is -0.383 e. The summed E-state index contributed by atoms with van der Waals surface area (Å²) in [6.07, 6.45) is 2.16. The predicted octanol–water partition coefficient (Wildman–Crippen LogP) is 3.17. The number of aryl methyl sites for hydroxylation is 1. The van der Waals surface area contributed by atoms with Crippen molar-refractivity contribution in [2.24, 2.45) is 0 Å². The molecule has 0 aliphatic rings. The number of hydrogen-bond acceptors (Lipinski definition) is 4. The van der Waals surface area contributed by atoms with Crippen LogP contribution in [0.25, 0.3) is 10.8 Å². The second-order valence-electron chi connectivity index (χ2n) is 4.76. The smallest absolute Gasteiger partial charge is 0.156 e. The van der Waals surface area contributed by atoms with Crippen molar-refractivity contribution in [2.45, 2.75) is 32.7 Å². The van der Waals surface area contributed by atoms with Crippen LogP contribution in [0.2, 0.25) is 0 Å². The molecule has 0 bridgehead atoms. The van der Waals surface area contributed by atoms with Crippen LogP contribution < -0.4 is 5.32 Å². The number of fused-ring (bicyclic) bond motifs is 1. The first kappa shape index (κ1) is 13.7. The quantitative estimate of drug-likeness (QED) is 0.865. The fraction of sp³-hybridized carbons (Fsp3) is 0.467. The Morgan fingerprint density at radius 2 is 1.95 bits per heavy atom. The van der Waals surface area contributed by atoms with Crippen LogP contribution in [0.4, 0.5) is 5.82 Å². The minimum atomic E-state index is 0.274. The first-order valence-electron chi connectivity index (χ1n) is 6.73. The monoisotopic (exact) mass is 259 g/mol. The topological polar surface area (TPSA) is 47.0 Å². The highest BCUT2D eigenvalue weighted by atomic mass is 16.5. The van der Waals surface area contributed by atoms with E-state index in [1.165, 1.54) is 0 Å². The van der Waals surface area contributed by atoms with Gasteiger partial charge < -0.3 is 10.1 Å². The van der Waals surface area contributed by atoms with E-state index in [4.69, 9.17) is 4.74 Å². The molecule has 0 saturated heterocycles. The molecule has 1 heterocycles. The molecule has 19 heavy (non-hydrogen) atoms. The van der Waals surface area contributed by atoms with Gasteiger partial charge in [-0.2, -0.15) is 5.10 Å². The van der Waals surface area contributed by atoms with Gasteiger partial charge in [0.25, 0.3) is 0 Å². The van der Waals surface area contributed by atoms with Gasteiger partial charge in [0.05, 0.1) is 18.3 Å². The van der Waals surface area contributed by atoms with E-state index in [0.29, 0.717) is 6.61 Å². The number of nitrogens with zero attached hydrogens (tertiary/aromatic N) is 2. The Morgan fingerprint density at radius 1 is 1.21 bits per heavy atom. The van der Waals surface area contributed by atoms with Crippen molar-refractivity contribution >= 4 is 16.6 Å². The number of anilines is 1. The maximum atomic E-state index is 5.25. The van der Waals surface area contributed by atoms with Gasteiger partial charge in [-0.25, -0.2) is 0 Å². The Labute approximate surface area is 114 Å². The fourth-order valence-corrected chi connectivity index (χ4v) is 2.28. The Morgan fingerprint density at radius 3 is 2.63 bits per heavy atom. The van der Waals surface area contributed by atoms with Gasteiger partial charge >= 0.3 is 0 Å². The number of aromatic nitrogens is 2. The van der Waals surface area contributed by atoms with Crippen LogP contribution >= 0.6 is 0 Å². The zero-order chi connectivity index (χ0) is 13.7. The van der Waals surface area contributed by atoms with Crippen LogP contribution in [0.5, 0.6) is 0 Å². The van der Waals surface area contributed by atoms with Crippen molar-refractivity contribution in [1.29, 1.82) is 0 Å². The van der Waals surface area contributed by atoms with Gasteiger partial charge in [0, 0.05) is 17.9 Å². The van der Waals surface area contributed by atoms with Gasteiger partial charge in [-0.1, -0.05) is 37.6 Å². The summed E-state index contributed by atoms with van der Waals surface area (Å²) < 4.78 is 5.25. The van der Waals surface area contributed by atoms with E-state index in [2.05, 4.69) is 34.6 Å². The average molecular weight is 259 g/mol. The van der Waals surface area contributed by atoms with Crippen LogP contribution in [-0.4, -0.2) is 30.0 Å². The summed E-state index contributed by atoms with van der Waals surface area (Å²) in [5, 5.41) is 14.2. The van der Waals surface area contributed by atoms with E-state index in [1.807, 2.05) is 19.1 Å². The molecule has 0 aliphatic heterocycles. The highest BCUT2D eigenvalue weighted by molar-refractivity contribution is 5.92. The Kier molecular flexibility index (Phi) is 4.68. The highest BCUT2D eigenvalue weighted by Gasteiger charge is 2.11. The van der Waals surface area contributed by atoms with Gasteiger partial charge in [0.2, 0.25) is 0 Å². The van der Waals surface area contributed by atoms with E-state index in [0.717, 1.165) is 35.1 Å². The van der Waals surface area contributed by atoms with Crippen LogP contribution in [0.3, 0.4) is 0 Å². The summed E-state index contributed by atoms with van der Waals surface area (Å²) >= 11 is 0. The second-order valence-corrected chi connectivity index (χ2v) is 4.76. The molecular formula is C15H21N3O. The lowest BCUT2D eigenvalue weighted by atomic mass is 10.1. The molecule has 102 valence electrons. The molecule has 2 rings (SSSR count). The number of ether oxygens (including phenoxy) is 1. The number of methoxy groups -OCH3 is 1. The molecule has 1 N–H and O–H groups in total. The molecule has 0 amide bonds. The number of hydrogen-bond donors (Lipinski definition) is 1. The maximum Gasteiger partial charge on any atom is 0.156 e. The van der Waals surface area contributed by atoms with E-state index < -0.39 is 0 Å². The third kappa shape index (κ3) is 3.20. The number of rotatable bonds is 6. The predicted molar refractivity (Wildman–Crippen MR) is 78.5 cm³/mol. The van der Waals surface area contributed by atoms with Crippen molar-refractivity contribution in [1.82, 2.24) is 10.2 Å². The lowest BCUT2D eigenvalue weighted by molar-refractivity contribution is 0.182. The molecule has 0 spiro atoms. The summed E-state index contributed by atoms with van der Waals surface area (Å²) in [5.41, 5.74) is 0.958. The molecule has 0 saturated carbocycles. The highest BCUT2D eigenvalue weighted by Crippen LogP contribution is 2.23. The van der Waals surface area contributed by atoms with Gasteiger partial charge in [-0.05, 0) is 13.3 Å². The van der Waals surface area contributed by atoms with E-state index in [1.54, 1.807) is 7.11 Å². The zero-order valence-corrected chi connectivity index (χ0v) is 11.8. The van der Waals surface area contributed by atoms with Crippen LogP contribution in [0, 0.1) is 6.92 Å². The molecule has 1 aromatic carbocycles. The zero-order valence-electron chi connectivity index (χ0n) is 11.8.